The summed E-state index contributed by atoms with van der Waals surface area (Å²) in [6, 6.07) is 78.1. The van der Waals surface area contributed by atoms with E-state index in [-0.39, 0.29) is 118 Å². The first kappa shape index (κ1) is 75.0. The molecule has 0 amide bonds. The number of nitriles is 2. The molecule has 0 saturated carbocycles. The van der Waals surface area contributed by atoms with Crippen LogP contribution in [0, 0.1) is 85.2 Å². The first-order valence-electron chi connectivity index (χ1n) is 37.3. The zero-order valence-corrected chi connectivity index (χ0v) is 63.8. The summed E-state index contributed by atoms with van der Waals surface area (Å²) < 4.78 is 78.0. The normalized spacial score (nSPS) is 13.6. The van der Waals surface area contributed by atoms with Gasteiger partial charge in [0.15, 0.2) is 23.0 Å². The van der Waals surface area contributed by atoms with Crippen LogP contribution in [0.4, 0.5) is 11.4 Å². The average Bonchev–Trinajstić information content (AvgIpc) is 1.52. The second kappa shape index (κ2) is 31.6. The Labute approximate surface area is 676 Å². The molecule has 0 bridgehead atoms. The van der Waals surface area contributed by atoms with Crippen LogP contribution in [0.2, 0.25) is 0 Å². The third-order valence-corrected chi connectivity index (χ3v) is 20.7. The minimum atomic E-state index is -0.853. The molecule has 0 N–H and O–H groups in total. The molecule has 0 heterocycles. The second-order valence-electron chi connectivity index (χ2n) is 29.3. The first-order chi connectivity index (χ1) is 57.0. The molecular weight excluding hydrogens is 1460 g/mol. The van der Waals surface area contributed by atoms with Crippen LogP contribution >= 0.6 is 0 Å². The minimum Gasteiger partial charge on any atom is -0.481 e. The van der Waals surface area contributed by atoms with Crippen LogP contribution in [0.15, 0.2) is 243 Å². The molecular formula is C101H68N4O12. The number of ether oxygens (including phenoxy) is 12. The van der Waals surface area contributed by atoms with E-state index < -0.39 is 16.2 Å². The summed E-state index contributed by atoms with van der Waals surface area (Å²) in [5.41, 5.74) is 1.76. The highest BCUT2D eigenvalue weighted by Crippen LogP contribution is 2.66. The lowest BCUT2D eigenvalue weighted by atomic mass is 9.72. The van der Waals surface area contributed by atoms with Gasteiger partial charge < -0.3 is 56.8 Å². The Morgan fingerprint density at radius 3 is 0.795 bits per heavy atom. The zero-order valence-electron chi connectivity index (χ0n) is 63.8. The Hall–Kier alpha value is -16.1. The SMILES string of the molecule is [C-]#[N+]c1c(Oc2ccc3ccc(OCC#C)cc3c2)cccc1Oc1cc2c(cc1Oc1cccc(Oc3ccc4ccc(OCC#C)cc4c3)c1[N+]#[C-])C1(CC(C)(C)c3cc(Oc4cccc(Oc5ccc6ccc(OCC#C)cc6c5)c4C#N)c(Oc4cccc(Oc5ccc6ccc(OCC#C)cc6c5)c4C#N)cc31)CC2(C)C. The number of fused-ring (bicyclic) bond motifs is 8. The third kappa shape index (κ3) is 15.1. The fraction of sp³-hybridized carbons (Fsp3) is 0.129. The van der Waals surface area contributed by atoms with E-state index in [1.165, 1.54) is 0 Å². The van der Waals surface area contributed by atoms with Crippen LogP contribution in [0.1, 0.15) is 73.9 Å². The fourth-order valence-electron chi connectivity index (χ4n) is 15.7. The van der Waals surface area contributed by atoms with Crippen LogP contribution in [-0.2, 0) is 16.2 Å². The minimum absolute atomic E-state index is 0.0604. The van der Waals surface area contributed by atoms with Gasteiger partial charge in [-0.3, -0.25) is 0 Å². The zero-order chi connectivity index (χ0) is 81.0. The van der Waals surface area contributed by atoms with Crippen molar-refractivity contribution in [2.45, 2.75) is 56.8 Å². The Balaban J connectivity index is 0.828. The van der Waals surface area contributed by atoms with E-state index in [1.54, 1.807) is 72.8 Å². The summed E-state index contributed by atoms with van der Waals surface area (Å²) in [6.45, 7) is 26.7. The molecule has 0 aliphatic heterocycles. The van der Waals surface area contributed by atoms with Gasteiger partial charge >= 0.3 is 0 Å². The van der Waals surface area contributed by atoms with Crippen LogP contribution in [-0.4, -0.2) is 26.4 Å². The van der Waals surface area contributed by atoms with Gasteiger partial charge in [0.25, 0.3) is 11.4 Å². The van der Waals surface area contributed by atoms with E-state index in [9.17, 15) is 10.5 Å². The summed E-state index contributed by atoms with van der Waals surface area (Å²) in [6.07, 6.45) is 23.2. The van der Waals surface area contributed by atoms with Crippen molar-refractivity contribution in [2.75, 3.05) is 26.4 Å². The van der Waals surface area contributed by atoms with Gasteiger partial charge in [-0.25, -0.2) is 9.69 Å². The van der Waals surface area contributed by atoms with Gasteiger partial charge in [0.1, 0.15) is 142 Å². The maximum Gasteiger partial charge on any atom is 0.270 e. The Morgan fingerprint density at radius 1 is 0.291 bits per heavy atom. The smallest absolute Gasteiger partial charge is 0.270 e. The van der Waals surface area contributed by atoms with Crippen molar-refractivity contribution >= 4 is 54.5 Å². The lowest BCUT2D eigenvalue weighted by Crippen LogP contribution is -2.27. The lowest BCUT2D eigenvalue weighted by molar-refractivity contribution is 0.349. The van der Waals surface area contributed by atoms with Gasteiger partial charge in [0, 0.05) is 5.41 Å². The molecule has 2 aliphatic rings. The van der Waals surface area contributed by atoms with Crippen molar-refractivity contribution < 1.29 is 56.8 Å². The standard InChI is InChI=1S/C101H68N4O12/c1-11-43-106-71-35-27-63-31-39-75(51-67(63)47-71)110-85-19-15-21-87(79(85)59-102)114-93-55-81-83(57-95(93)115-88-22-16-20-86(80(88)60-103)111-76-40-32-64-28-36-72(107-44-12-2)48-68(64)52-76)101(61-99(81,5)6)62-100(7,8)82-56-94(116-91-25-17-23-89(97(91)104-9)112-77-41-33-65-29-37-73(108-45-13-3)49-69(65)53-77)96(58-84(82)101)117-92-26-18-24-90(98(92)105-10)113-78-42-34-66-30-38-74(109-46-14-4)50-70(66)54-78/h1-4,15-42,47-58H,43-46,61-62H2,5-8H3. The van der Waals surface area contributed by atoms with Crippen LogP contribution in [0.25, 0.3) is 52.8 Å². The van der Waals surface area contributed by atoms with Gasteiger partial charge in [-0.2, -0.15) is 10.5 Å². The molecule has 0 saturated heterocycles. The number of hydrogen-bond acceptors (Lipinski definition) is 14. The number of hydrogen-bond donors (Lipinski definition) is 0. The topological polar surface area (TPSA) is 167 Å². The lowest BCUT2D eigenvalue weighted by Gasteiger charge is -2.31. The Morgan fingerprint density at radius 2 is 0.521 bits per heavy atom. The molecule has 16 heteroatoms. The van der Waals surface area contributed by atoms with Gasteiger partial charge in [0.05, 0.1) is 13.1 Å². The summed E-state index contributed by atoms with van der Waals surface area (Å²) >= 11 is 0. The van der Waals surface area contributed by atoms with E-state index in [2.05, 4.69) is 73.2 Å². The number of benzene rings is 14. The summed E-state index contributed by atoms with van der Waals surface area (Å²) in [5, 5.41) is 29.5. The van der Waals surface area contributed by atoms with E-state index in [0.29, 0.717) is 58.8 Å². The van der Waals surface area contributed by atoms with Crippen molar-refractivity contribution in [1.29, 1.82) is 10.5 Å². The van der Waals surface area contributed by atoms with Crippen molar-refractivity contribution in [1.82, 2.24) is 0 Å². The largest absolute Gasteiger partial charge is 0.481 e. The van der Waals surface area contributed by atoms with Gasteiger partial charge in [0.2, 0.25) is 0 Å². The van der Waals surface area contributed by atoms with Gasteiger partial charge in [-0.1, -0.05) is 124 Å². The summed E-state index contributed by atoms with van der Waals surface area (Å²) in [5.74, 6) is 16.5. The predicted molar refractivity (Wildman–Crippen MR) is 450 cm³/mol. The van der Waals surface area contributed by atoms with Crippen LogP contribution in [0.3, 0.4) is 0 Å². The molecule has 0 aromatic heterocycles. The van der Waals surface area contributed by atoms with Crippen molar-refractivity contribution in [2.24, 2.45) is 0 Å². The van der Waals surface area contributed by atoms with E-state index in [1.807, 2.05) is 170 Å². The number of para-hydroxylation sites is 2. The quantitative estimate of drug-likeness (QED) is 0.0414. The number of nitrogens with zero attached hydrogens (tertiary/aromatic N) is 4. The molecule has 0 fully saturated rings. The van der Waals surface area contributed by atoms with E-state index in [0.717, 1.165) is 65.3 Å². The molecule has 2 aliphatic carbocycles. The molecule has 14 aromatic rings. The third-order valence-electron chi connectivity index (χ3n) is 20.7. The fourth-order valence-corrected chi connectivity index (χ4v) is 15.7. The highest BCUT2D eigenvalue weighted by atomic mass is 16.5. The van der Waals surface area contributed by atoms with Gasteiger partial charge in [-0.15, -0.1) is 25.7 Å². The maximum atomic E-state index is 11.3. The van der Waals surface area contributed by atoms with Crippen molar-refractivity contribution in [3.8, 4) is 177 Å². The molecule has 1 atom stereocenters. The first-order valence-corrected chi connectivity index (χ1v) is 37.3. The molecule has 1 unspecified atom stereocenters. The molecule has 16 nitrogen and oxygen atoms in total. The molecule has 564 valence electrons. The molecule has 117 heavy (non-hydrogen) atoms. The van der Waals surface area contributed by atoms with E-state index >= 15 is 0 Å². The monoisotopic (exact) mass is 1530 g/mol. The predicted octanol–water partition coefficient (Wildman–Crippen LogP) is 25.2. The number of terminal acetylenes is 4. The molecule has 16 rings (SSSR count). The average molecular weight is 1530 g/mol. The molecule has 1 spiro atoms. The second-order valence-corrected chi connectivity index (χ2v) is 29.3. The molecule has 0 radical (unpaired) electrons. The van der Waals surface area contributed by atoms with Crippen molar-refractivity contribution in [3.63, 3.8) is 0 Å². The maximum absolute atomic E-state index is 11.3. The summed E-state index contributed by atoms with van der Waals surface area (Å²) in [7, 11) is 0. The van der Waals surface area contributed by atoms with E-state index in [4.69, 9.17) is 95.7 Å². The highest BCUT2D eigenvalue weighted by molar-refractivity contribution is 5.89. The Kier molecular flexibility index (Phi) is 20.2. The van der Waals surface area contributed by atoms with Crippen LogP contribution < -0.4 is 56.8 Å². The van der Waals surface area contributed by atoms with Crippen LogP contribution in [0.5, 0.6) is 115 Å². The number of rotatable bonds is 24. The Bertz CT molecular complexity index is 6360. The highest BCUT2D eigenvalue weighted by Gasteiger charge is 2.57. The van der Waals surface area contributed by atoms with Gasteiger partial charge in [-0.05, 0) is 259 Å². The summed E-state index contributed by atoms with van der Waals surface area (Å²) in [4.78, 5) is 8.11. The van der Waals surface area contributed by atoms with Crippen molar-refractivity contribution in [3.05, 3.63) is 299 Å². The molecule has 14 aromatic carbocycles.